The van der Waals surface area contributed by atoms with E-state index in [1.54, 1.807) is 13.4 Å². The Bertz CT molecular complexity index is 1410. The summed E-state index contributed by atoms with van der Waals surface area (Å²) in [5.74, 6) is 3.43. The van der Waals surface area contributed by atoms with E-state index in [2.05, 4.69) is 71.2 Å². The zero-order valence-electron chi connectivity index (χ0n) is 21.1. The largest absolute Gasteiger partial charge is 0.497 e. The average Bonchev–Trinajstić information content (AvgIpc) is 3.53. The number of hydrogen-bond donors (Lipinski definition) is 1. The van der Waals surface area contributed by atoms with Crippen LogP contribution in [0.3, 0.4) is 0 Å². The highest BCUT2D eigenvalue weighted by atomic mass is 16.5. The first-order chi connectivity index (χ1) is 17.6. The van der Waals surface area contributed by atoms with Crippen LogP contribution in [0.1, 0.15) is 52.7 Å². The molecular weight excluding hydrogens is 446 g/mol. The number of nitrogens with zero attached hydrogens (tertiary/aromatic N) is 4. The molecule has 2 aromatic carbocycles. The molecule has 1 N–H and O–H groups in total. The zero-order valence-corrected chi connectivity index (χ0v) is 21.1. The van der Waals surface area contributed by atoms with E-state index in [9.17, 15) is 0 Å². The van der Waals surface area contributed by atoms with Crippen molar-refractivity contribution in [3.05, 3.63) is 88.8 Å². The molecule has 4 aromatic rings. The second kappa shape index (κ2) is 9.26. The van der Waals surface area contributed by atoms with Crippen LogP contribution in [-0.2, 0) is 6.42 Å². The van der Waals surface area contributed by atoms with E-state index in [0.29, 0.717) is 5.92 Å². The molecule has 1 aliphatic heterocycles. The van der Waals surface area contributed by atoms with E-state index in [-0.39, 0.29) is 0 Å². The highest BCUT2D eigenvalue weighted by Gasteiger charge is 2.28. The van der Waals surface area contributed by atoms with Gasteiger partial charge in [-0.25, -0.2) is 15.0 Å². The molecule has 0 spiro atoms. The van der Waals surface area contributed by atoms with Gasteiger partial charge in [-0.3, -0.25) is 0 Å². The van der Waals surface area contributed by atoms with Gasteiger partial charge in [0.25, 0.3) is 0 Å². The third-order valence-corrected chi connectivity index (χ3v) is 7.49. The maximum absolute atomic E-state index is 5.30. The molecule has 0 amide bonds. The molecule has 6 nitrogen and oxygen atoms in total. The number of rotatable bonds is 5. The Morgan fingerprint density at radius 2 is 1.64 bits per heavy atom. The summed E-state index contributed by atoms with van der Waals surface area (Å²) in [6.07, 6.45) is 6.97. The van der Waals surface area contributed by atoms with E-state index in [0.717, 1.165) is 72.4 Å². The van der Waals surface area contributed by atoms with Crippen LogP contribution in [-0.4, -0.2) is 40.1 Å². The first-order valence-electron chi connectivity index (χ1n) is 12.7. The first-order valence-corrected chi connectivity index (χ1v) is 12.7. The molecule has 1 aliphatic carbocycles. The Morgan fingerprint density at radius 3 is 2.36 bits per heavy atom. The smallest absolute Gasteiger partial charge is 0.139 e. The van der Waals surface area contributed by atoms with E-state index >= 15 is 0 Å². The number of anilines is 1. The number of benzene rings is 2. The number of allylic oxidation sites excluding steroid dienone is 1. The van der Waals surface area contributed by atoms with Gasteiger partial charge in [0.2, 0.25) is 0 Å². The molecule has 2 aromatic heterocycles. The minimum atomic E-state index is 0.417. The average molecular weight is 478 g/mol. The topological polar surface area (TPSA) is 66.9 Å². The van der Waals surface area contributed by atoms with Crippen molar-refractivity contribution in [2.75, 3.05) is 25.1 Å². The lowest BCUT2D eigenvalue weighted by Gasteiger charge is -2.32. The Hall–Kier alpha value is -3.93. The molecule has 0 saturated carbocycles. The van der Waals surface area contributed by atoms with Gasteiger partial charge in [-0.1, -0.05) is 29.8 Å². The molecule has 0 unspecified atom stereocenters. The van der Waals surface area contributed by atoms with Crippen molar-refractivity contribution in [1.29, 1.82) is 0 Å². The Balaban J connectivity index is 1.18. The fourth-order valence-corrected chi connectivity index (χ4v) is 5.39. The van der Waals surface area contributed by atoms with Crippen molar-refractivity contribution < 1.29 is 4.74 Å². The SMILES string of the molecule is COc1ccc(-c2nc(C3CCN(c4ncnc5c4C=C(c4ccc(C)cc4)C5)CC3)[nH]c2C)cc1. The standard InChI is InChI=1S/C30H31N5O/c1-19-4-6-21(7-5-19)24-16-26-27(17-24)31-18-32-30(26)35-14-12-23(13-15-35)29-33-20(2)28(34-29)22-8-10-25(36-3)11-9-22/h4-11,16,18,23H,12-15,17H2,1-3H3,(H,33,34). The van der Waals surface area contributed by atoms with Gasteiger partial charge in [-0.15, -0.1) is 0 Å². The van der Waals surface area contributed by atoms with Crippen molar-refractivity contribution in [2.45, 2.75) is 39.0 Å². The number of H-pyrrole nitrogens is 1. The summed E-state index contributed by atoms with van der Waals surface area (Å²) in [7, 11) is 1.69. The number of imidazole rings is 1. The van der Waals surface area contributed by atoms with Crippen LogP contribution in [0.25, 0.3) is 22.9 Å². The Morgan fingerprint density at radius 1 is 0.917 bits per heavy atom. The van der Waals surface area contributed by atoms with E-state index in [1.807, 2.05) is 12.1 Å². The number of aromatic amines is 1. The molecule has 6 rings (SSSR count). The lowest BCUT2D eigenvalue weighted by molar-refractivity contribution is 0.415. The third-order valence-electron chi connectivity index (χ3n) is 7.49. The van der Waals surface area contributed by atoms with Gasteiger partial charge in [0.05, 0.1) is 18.5 Å². The number of nitrogens with one attached hydrogen (secondary N) is 1. The number of aryl methyl sites for hydroxylation is 2. The lowest BCUT2D eigenvalue weighted by Crippen LogP contribution is -2.34. The number of hydrogen-bond acceptors (Lipinski definition) is 5. The number of aromatic nitrogens is 4. The number of piperidine rings is 1. The van der Waals surface area contributed by atoms with Crippen molar-refractivity contribution >= 4 is 17.5 Å². The number of ether oxygens (including phenoxy) is 1. The highest BCUT2D eigenvalue weighted by Crippen LogP contribution is 2.37. The van der Waals surface area contributed by atoms with Crippen molar-refractivity contribution in [3.8, 4) is 17.0 Å². The summed E-state index contributed by atoms with van der Waals surface area (Å²) < 4.78 is 5.30. The van der Waals surface area contributed by atoms with E-state index < -0.39 is 0 Å². The minimum absolute atomic E-state index is 0.417. The fourth-order valence-electron chi connectivity index (χ4n) is 5.39. The molecule has 0 atom stereocenters. The molecule has 0 radical (unpaired) electrons. The maximum Gasteiger partial charge on any atom is 0.139 e. The highest BCUT2D eigenvalue weighted by molar-refractivity contribution is 5.91. The normalized spacial score (nSPS) is 15.6. The van der Waals surface area contributed by atoms with E-state index in [4.69, 9.17) is 14.7 Å². The predicted octanol–water partition coefficient (Wildman–Crippen LogP) is 5.97. The van der Waals surface area contributed by atoms with Crippen molar-refractivity contribution in [2.24, 2.45) is 0 Å². The summed E-state index contributed by atoms with van der Waals surface area (Å²) in [6.45, 7) is 6.14. The maximum atomic E-state index is 5.30. The summed E-state index contributed by atoms with van der Waals surface area (Å²) in [4.78, 5) is 20.3. The van der Waals surface area contributed by atoms with Gasteiger partial charge >= 0.3 is 0 Å². The van der Waals surface area contributed by atoms with E-state index in [1.165, 1.54) is 22.3 Å². The van der Waals surface area contributed by atoms with Gasteiger partial charge < -0.3 is 14.6 Å². The third kappa shape index (κ3) is 4.17. The van der Waals surface area contributed by atoms with Crippen LogP contribution < -0.4 is 9.64 Å². The molecule has 0 bridgehead atoms. The second-order valence-electron chi connectivity index (χ2n) is 9.86. The van der Waals surface area contributed by atoms with Gasteiger partial charge in [0.1, 0.15) is 23.7 Å². The molecule has 3 heterocycles. The van der Waals surface area contributed by atoms with Gasteiger partial charge in [-0.2, -0.15) is 0 Å². The fraction of sp³-hybridized carbons (Fsp3) is 0.300. The van der Waals surface area contributed by atoms with Crippen LogP contribution in [0.4, 0.5) is 5.82 Å². The Kier molecular flexibility index (Phi) is 5.80. The van der Waals surface area contributed by atoms with Crippen LogP contribution >= 0.6 is 0 Å². The molecule has 1 fully saturated rings. The quantitative estimate of drug-likeness (QED) is 0.383. The van der Waals surface area contributed by atoms with Gasteiger partial charge in [0, 0.05) is 42.2 Å². The molecule has 1 saturated heterocycles. The second-order valence-corrected chi connectivity index (χ2v) is 9.86. The Labute approximate surface area is 212 Å². The van der Waals surface area contributed by atoms with Crippen LogP contribution in [0.2, 0.25) is 0 Å². The molecular formula is C30H31N5O. The minimum Gasteiger partial charge on any atom is -0.497 e. The van der Waals surface area contributed by atoms with Gasteiger partial charge in [-0.05, 0) is 68.2 Å². The van der Waals surface area contributed by atoms with Crippen molar-refractivity contribution in [1.82, 2.24) is 19.9 Å². The van der Waals surface area contributed by atoms with Crippen LogP contribution in [0, 0.1) is 13.8 Å². The monoisotopic (exact) mass is 477 g/mol. The molecule has 36 heavy (non-hydrogen) atoms. The summed E-state index contributed by atoms with van der Waals surface area (Å²) in [6, 6.07) is 16.9. The molecule has 2 aliphatic rings. The van der Waals surface area contributed by atoms with Crippen LogP contribution in [0.15, 0.2) is 54.9 Å². The zero-order chi connectivity index (χ0) is 24.6. The molecule has 182 valence electrons. The summed E-state index contributed by atoms with van der Waals surface area (Å²) in [5.41, 5.74) is 9.42. The lowest BCUT2D eigenvalue weighted by atomic mass is 9.96. The number of fused-ring (bicyclic) bond motifs is 1. The summed E-state index contributed by atoms with van der Waals surface area (Å²) in [5, 5.41) is 0. The predicted molar refractivity (Wildman–Crippen MR) is 144 cm³/mol. The number of methoxy groups -OCH3 is 1. The summed E-state index contributed by atoms with van der Waals surface area (Å²) >= 11 is 0. The molecule has 6 heteroatoms. The van der Waals surface area contributed by atoms with Gasteiger partial charge in [0.15, 0.2) is 0 Å². The first kappa shape index (κ1) is 22.5. The van der Waals surface area contributed by atoms with Crippen molar-refractivity contribution in [3.63, 3.8) is 0 Å². The van der Waals surface area contributed by atoms with Crippen LogP contribution in [0.5, 0.6) is 5.75 Å².